The number of carbonyl (C=O) groups is 2. The summed E-state index contributed by atoms with van der Waals surface area (Å²) >= 11 is 0. The molecule has 0 bridgehead atoms. The minimum atomic E-state index is -0.625. The second-order valence-corrected chi connectivity index (χ2v) is 4.87. The fourth-order valence-electron chi connectivity index (χ4n) is 2.14. The molecule has 0 spiro atoms. The Morgan fingerprint density at radius 2 is 2.26 bits per heavy atom. The Morgan fingerprint density at radius 1 is 1.52 bits per heavy atom. The largest absolute Gasteiger partial charge is 0.464 e. The molecule has 8 heteroatoms. The van der Waals surface area contributed by atoms with Crippen LogP contribution in [-0.2, 0) is 19.1 Å². The van der Waals surface area contributed by atoms with Crippen LogP contribution in [0.15, 0.2) is 47.8 Å². The molecule has 0 aromatic carbocycles. The number of hydrogen-bond donors (Lipinski definition) is 0. The molecule has 1 aliphatic carbocycles. The molecule has 0 saturated heterocycles. The van der Waals surface area contributed by atoms with E-state index in [2.05, 4.69) is 0 Å². The van der Waals surface area contributed by atoms with Crippen LogP contribution in [0.2, 0.25) is 0 Å². The number of ether oxygens (including phenoxy) is 2. The van der Waals surface area contributed by atoms with Crippen LogP contribution in [0.1, 0.15) is 20.3 Å². The van der Waals surface area contributed by atoms with Crippen LogP contribution in [0, 0.1) is 10.1 Å². The molecule has 1 atom stereocenters. The van der Waals surface area contributed by atoms with Gasteiger partial charge in [-0.25, -0.2) is 4.79 Å². The van der Waals surface area contributed by atoms with Crippen molar-refractivity contribution < 1.29 is 24.0 Å². The first-order valence-corrected chi connectivity index (χ1v) is 7.02. The lowest BCUT2D eigenvalue weighted by Crippen LogP contribution is -2.34. The molecule has 0 radical (unpaired) electrons. The highest BCUT2D eigenvalue weighted by atomic mass is 16.6. The molecule has 1 heterocycles. The van der Waals surface area contributed by atoms with Gasteiger partial charge in [-0.15, -0.1) is 0 Å². The predicted molar refractivity (Wildman–Crippen MR) is 79.0 cm³/mol. The van der Waals surface area contributed by atoms with Crippen molar-refractivity contribution in [1.29, 1.82) is 0 Å². The topological polar surface area (TPSA) is 99.0 Å². The highest BCUT2D eigenvalue weighted by Crippen LogP contribution is 2.28. The smallest absolute Gasteiger partial charge is 0.328 e. The Hall–Kier alpha value is -2.90. The fourth-order valence-corrected chi connectivity index (χ4v) is 2.14. The zero-order chi connectivity index (χ0) is 17.0. The van der Waals surface area contributed by atoms with Gasteiger partial charge in [0.25, 0.3) is 5.70 Å². The van der Waals surface area contributed by atoms with Crippen molar-refractivity contribution in [3.8, 4) is 0 Å². The average Bonchev–Trinajstić information content (AvgIpc) is 2.54. The lowest BCUT2D eigenvalue weighted by Gasteiger charge is -2.26. The second-order valence-electron chi connectivity index (χ2n) is 4.87. The van der Waals surface area contributed by atoms with Crippen LogP contribution in [0.25, 0.3) is 0 Å². The number of nitrogens with zero attached hydrogens (tertiary/aromatic N) is 2. The van der Waals surface area contributed by atoms with E-state index in [9.17, 15) is 19.7 Å². The van der Waals surface area contributed by atoms with E-state index in [-0.39, 0.29) is 35.8 Å². The molecular formula is C15H16N2O6. The third-order valence-electron chi connectivity index (χ3n) is 3.35. The molecule has 122 valence electrons. The summed E-state index contributed by atoms with van der Waals surface area (Å²) in [5, 5.41) is 11.1. The van der Waals surface area contributed by atoms with E-state index >= 15 is 0 Å². The molecule has 0 saturated carbocycles. The van der Waals surface area contributed by atoms with Gasteiger partial charge in [-0.3, -0.25) is 14.9 Å². The molecule has 0 fully saturated rings. The van der Waals surface area contributed by atoms with E-state index in [4.69, 9.17) is 9.47 Å². The molecular weight excluding hydrogens is 304 g/mol. The van der Waals surface area contributed by atoms with Gasteiger partial charge in [-0.1, -0.05) is 0 Å². The lowest BCUT2D eigenvalue weighted by atomic mass is 9.99. The molecule has 0 aromatic rings. The third-order valence-corrected chi connectivity index (χ3v) is 3.35. The van der Waals surface area contributed by atoms with Crippen LogP contribution in [-0.4, -0.2) is 34.2 Å². The van der Waals surface area contributed by atoms with Crippen molar-refractivity contribution in [2.75, 3.05) is 6.61 Å². The highest BCUT2D eigenvalue weighted by molar-refractivity contribution is 5.94. The van der Waals surface area contributed by atoms with Crippen LogP contribution < -0.4 is 0 Å². The van der Waals surface area contributed by atoms with E-state index in [0.29, 0.717) is 0 Å². The normalized spacial score (nSPS) is 18.4. The molecule has 0 unspecified atom stereocenters. The summed E-state index contributed by atoms with van der Waals surface area (Å²) in [6.07, 6.45) is 6.46. The van der Waals surface area contributed by atoms with Gasteiger partial charge in [0.1, 0.15) is 12.3 Å². The molecule has 1 aliphatic heterocycles. The molecule has 2 aliphatic rings. The van der Waals surface area contributed by atoms with Crippen LogP contribution >= 0.6 is 0 Å². The molecule has 8 nitrogen and oxygen atoms in total. The molecule has 0 N–H and O–H groups in total. The predicted octanol–water partition coefficient (Wildman–Crippen LogP) is 1.64. The van der Waals surface area contributed by atoms with Crippen molar-refractivity contribution in [1.82, 2.24) is 4.90 Å². The average molecular weight is 320 g/mol. The van der Waals surface area contributed by atoms with Crippen molar-refractivity contribution in [3.05, 3.63) is 58.0 Å². The van der Waals surface area contributed by atoms with Crippen LogP contribution in [0.5, 0.6) is 0 Å². The SMILES string of the molecule is CCOC(=O)[C@@H](C)N1C=COC(C2=C([N+](=O)[O-])C=CC(=O)C2)=C1. The van der Waals surface area contributed by atoms with Crippen molar-refractivity contribution >= 4 is 11.8 Å². The van der Waals surface area contributed by atoms with Crippen molar-refractivity contribution in [2.24, 2.45) is 0 Å². The van der Waals surface area contributed by atoms with Gasteiger partial charge in [-0.2, -0.15) is 0 Å². The van der Waals surface area contributed by atoms with Crippen LogP contribution in [0.4, 0.5) is 0 Å². The maximum atomic E-state index is 11.8. The zero-order valence-corrected chi connectivity index (χ0v) is 12.7. The van der Waals surface area contributed by atoms with Gasteiger partial charge >= 0.3 is 5.97 Å². The maximum Gasteiger partial charge on any atom is 0.328 e. The monoisotopic (exact) mass is 320 g/mol. The number of carbonyl (C=O) groups excluding carboxylic acids is 2. The first-order chi connectivity index (χ1) is 10.9. The van der Waals surface area contributed by atoms with Gasteiger partial charge in [-0.05, 0) is 19.9 Å². The van der Waals surface area contributed by atoms with Crippen molar-refractivity contribution in [2.45, 2.75) is 26.3 Å². The van der Waals surface area contributed by atoms with Gasteiger partial charge in [0.05, 0.1) is 17.1 Å². The Labute approximate surface area is 132 Å². The lowest BCUT2D eigenvalue weighted by molar-refractivity contribution is -0.420. The van der Waals surface area contributed by atoms with E-state index in [1.54, 1.807) is 13.8 Å². The number of nitro groups is 1. The first kappa shape index (κ1) is 16.5. The summed E-state index contributed by atoms with van der Waals surface area (Å²) in [7, 11) is 0. The Balaban J connectivity index is 2.31. The Kier molecular flexibility index (Phi) is 4.95. The van der Waals surface area contributed by atoms with Gasteiger partial charge in [0, 0.05) is 24.9 Å². The molecule has 0 amide bonds. The second kappa shape index (κ2) is 6.91. The number of ketones is 1. The van der Waals surface area contributed by atoms with Crippen molar-refractivity contribution in [3.63, 3.8) is 0 Å². The van der Waals surface area contributed by atoms with E-state index in [0.717, 1.165) is 6.08 Å². The molecule has 2 rings (SSSR count). The van der Waals surface area contributed by atoms with E-state index in [1.165, 1.54) is 29.6 Å². The number of esters is 1. The summed E-state index contributed by atoms with van der Waals surface area (Å²) in [4.78, 5) is 35.4. The molecule has 0 aromatic heterocycles. The number of rotatable bonds is 5. The highest BCUT2D eigenvalue weighted by Gasteiger charge is 2.29. The summed E-state index contributed by atoms with van der Waals surface area (Å²) in [6.45, 7) is 3.59. The minimum Gasteiger partial charge on any atom is -0.464 e. The number of hydrogen-bond acceptors (Lipinski definition) is 7. The van der Waals surface area contributed by atoms with Gasteiger partial charge in [0.15, 0.2) is 11.5 Å². The standard InChI is InChI=1S/C15H16N2O6/c1-3-22-15(19)10(2)16-6-7-23-14(9-16)12-8-11(18)4-5-13(12)17(20)21/h4-7,9-10H,3,8H2,1-2H3/t10-/m1/s1. The summed E-state index contributed by atoms with van der Waals surface area (Å²) in [6, 6.07) is -0.625. The van der Waals surface area contributed by atoms with E-state index in [1.807, 2.05) is 0 Å². The first-order valence-electron chi connectivity index (χ1n) is 7.02. The Morgan fingerprint density at radius 3 is 2.91 bits per heavy atom. The number of allylic oxidation sites excluding steroid dienone is 3. The Bertz CT molecular complexity index is 659. The van der Waals surface area contributed by atoms with Crippen LogP contribution in [0.3, 0.4) is 0 Å². The summed E-state index contributed by atoms with van der Waals surface area (Å²) in [5.41, 5.74) is -0.0252. The third kappa shape index (κ3) is 3.65. The zero-order valence-electron chi connectivity index (χ0n) is 12.7. The van der Waals surface area contributed by atoms with E-state index < -0.39 is 16.9 Å². The quantitative estimate of drug-likeness (QED) is 0.431. The van der Waals surface area contributed by atoms with Gasteiger partial charge < -0.3 is 14.4 Å². The fraction of sp³-hybridized carbons (Fsp3) is 0.333. The van der Waals surface area contributed by atoms with Gasteiger partial charge in [0.2, 0.25) is 0 Å². The maximum absolute atomic E-state index is 11.8. The molecule has 23 heavy (non-hydrogen) atoms. The summed E-state index contributed by atoms with van der Waals surface area (Å²) < 4.78 is 10.2. The minimum absolute atomic E-state index is 0.131. The summed E-state index contributed by atoms with van der Waals surface area (Å²) in [5.74, 6) is -0.527.